The van der Waals surface area contributed by atoms with E-state index in [4.69, 9.17) is 10.5 Å². The number of sulfonamides is 1. The summed E-state index contributed by atoms with van der Waals surface area (Å²) in [4.78, 5) is 12.9. The van der Waals surface area contributed by atoms with Crippen LogP contribution in [0.3, 0.4) is 0 Å². The number of urea groups is 1. The minimum absolute atomic E-state index is 0.155. The van der Waals surface area contributed by atoms with Crippen LogP contribution < -0.4 is 10.5 Å². The summed E-state index contributed by atoms with van der Waals surface area (Å²) >= 11 is 0. The molecule has 0 spiro atoms. The van der Waals surface area contributed by atoms with Crippen LogP contribution in [0.2, 0.25) is 0 Å². The Morgan fingerprint density at radius 3 is 2.59 bits per heavy atom. The molecule has 22 heavy (non-hydrogen) atoms. The van der Waals surface area contributed by atoms with Crippen LogP contribution in [0.15, 0.2) is 23.1 Å². The van der Waals surface area contributed by atoms with Gasteiger partial charge in [0, 0.05) is 26.2 Å². The lowest BCUT2D eigenvalue weighted by atomic mass is 10.2. The molecule has 1 heterocycles. The summed E-state index contributed by atoms with van der Waals surface area (Å²) in [5, 5.41) is 0. The zero-order valence-corrected chi connectivity index (χ0v) is 13.6. The van der Waals surface area contributed by atoms with Crippen molar-refractivity contribution in [2.24, 2.45) is 5.73 Å². The second-order valence-corrected chi connectivity index (χ2v) is 7.14. The van der Waals surface area contributed by atoms with Crippen LogP contribution in [0.5, 0.6) is 5.75 Å². The normalized spacial score (nSPS) is 17.1. The third-order valence-electron chi connectivity index (χ3n) is 3.70. The maximum atomic E-state index is 12.9. The molecule has 1 saturated heterocycles. The molecule has 0 bridgehead atoms. The van der Waals surface area contributed by atoms with Crippen molar-refractivity contribution in [1.29, 1.82) is 0 Å². The Morgan fingerprint density at radius 1 is 1.23 bits per heavy atom. The number of primary amides is 1. The van der Waals surface area contributed by atoms with Gasteiger partial charge in [0.25, 0.3) is 0 Å². The Bertz CT molecular complexity index is 660. The number of ether oxygens (including phenoxy) is 1. The highest BCUT2D eigenvalue weighted by molar-refractivity contribution is 7.89. The summed E-state index contributed by atoms with van der Waals surface area (Å²) < 4.78 is 32.3. The Labute approximate surface area is 130 Å². The quantitative estimate of drug-likeness (QED) is 0.888. The van der Waals surface area contributed by atoms with E-state index in [-0.39, 0.29) is 11.4 Å². The molecule has 1 aromatic carbocycles. The van der Waals surface area contributed by atoms with E-state index in [1.807, 2.05) is 6.92 Å². The van der Waals surface area contributed by atoms with E-state index in [1.54, 1.807) is 18.2 Å². The van der Waals surface area contributed by atoms with E-state index >= 15 is 0 Å². The van der Waals surface area contributed by atoms with Crippen LogP contribution in [0, 0.1) is 6.92 Å². The molecule has 1 aromatic rings. The van der Waals surface area contributed by atoms with Gasteiger partial charge < -0.3 is 15.4 Å². The first-order chi connectivity index (χ1) is 10.4. The summed E-state index contributed by atoms with van der Waals surface area (Å²) in [6, 6.07) is 4.53. The van der Waals surface area contributed by atoms with Gasteiger partial charge >= 0.3 is 6.03 Å². The first-order valence-electron chi connectivity index (χ1n) is 7.05. The monoisotopic (exact) mass is 327 g/mol. The topological polar surface area (TPSA) is 92.9 Å². The Hall–Kier alpha value is -1.80. The molecule has 0 aliphatic carbocycles. The number of amides is 2. The van der Waals surface area contributed by atoms with Crippen molar-refractivity contribution in [3.63, 3.8) is 0 Å². The average molecular weight is 327 g/mol. The van der Waals surface area contributed by atoms with Gasteiger partial charge in [-0.15, -0.1) is 0 Å². The fourth-order valence-electron chi connectivity index (χ4n) is 2.48. The molecular weight excluding hydrogens is 306 g/mol. The van der Waals surface area contributed by atoms with E-state index < -0.39 is 16.1 Å². The highest BCUT2D eigenvalue weighted by Gasteiger charge is 2.30. The Balaban J connectivity index is 2.31. The summed E-state index contributed by atoms with van der Waals surface area (Å²) in [5.74, 6) is 0.321. The second kappa shape index (κ2) is 6.53. The smallest absolute Gasteiger partial charge is 0.314 e. The lowest BCUT2D eigenvalue weighted by molar-refractivity contribution is 0.210. The van der Waals surface area contributed by atoms with Crippen molar-refractivity contribution < 1.29 is 17.9 Å². The zero-order chi connectivity index (χ0) is 16.3. The zero-order valence-electron chi connectivity index (χ0n) is 12.8. The molecular formula is C14H21N3O4S. The van der Waals surface area contributed by atoms with E-state index in [9.17, 15) is 13.2 Å². The first-order valence-corrected chi connectivity index (χ1v) is 8.49. The second-order valence-electron chi connectivity index (χ2n) is 5.24. The van der Waals surface area contributed by atoms with E-state index in [0.29, 0.717) is 31.8 Å². The highest BCUT2D eigenvalue weighted by Crippen LogP contribution is 2.28. The van der Waals surface area contributed by atoms with Gasteiger partial charge in [0.05, 0.1) is 7.11 Å². The van der Waals surface area contributed by atoms with Crippen LogP contribution in [-0.4, -0.2) is 56.9 Å². The van der Waals surface area contributed by atoms with Gasteiger partial charge in [0.15, 0.2) is 0 Å². The number of nitrogens with zero attached hydrogens (tertiary/aromatic N) is 2. The lowest BCUT2D eigenvalue weighted by Crippen LogP contribution is -2.39. The number of aryl methyl sites for hydroxylation is 1. The van der Waals surface area contributed by atoms with E-state index in [2.05, 4.69) is 0 Å². The number of methoxy groups -OCH3 is 1. The van der Waals surface area contributed by atoms with E-state index in [1.165, 1.54) is 16.3 Å². The van der Waals surface area contributed by atoms with Crippen LogP contribution in [0.1, 0.15) is 12.0 Å². The molecule has 1 fully saturated rings. The number of nitrogens with two attached hydrogens (primary N) is 1. The van der Waals surface area contributed by atoms with Crippen molar-refractivity contribution >= 4 is 16.1 Å². The van der Waals surface area contributed by atoms with Crippen molar-refractivity contribution in [2.75, 3.05) is 33.3 Å². The molecule has 0 radical (unpaired) electrons. The first kappa shape index (κ1) is 16.6. The minimum Gasteiger partial charge on any atom is -0.495 e. The van der Waals surface area contributed by atoms with Crippen LogP contribution >= 0.6 is 0 Å². The molecule has 0 atom stereocenters. The summed E-state index contributed by atoms with van der Waals surface area (Å²) in [7, 11) is -2.22. The Kier molecular flexibility index (Phi) is 4.92. The predicted octanol–water partition coefficient (Wildman–Crippen LogP) is 0.779. The van der Waals surface area contributed by atoms with Gasteiger partial charge in [-0.1, -0.05) is 6.07 Å². The fraction of sp³-hybridized carbons (Fsp3) is 0.500. The molecule has 2 amide bonds. The third-order valence-corrected chi connectivity index (χ3v) is 5.62. The molecule has 1 aliphatic heterocycles. The van der Waals surface area contributed by atoms with Crippen LogP contribution in [0.25, 0.3) is 0 Å². The summed E-state index contributed by atoms with van der Waals surface area (Å²) in [6.45, 7) is 3.16. The molecule has 0 unspecified atom stereocenters. The molecule has 2 N–H and O–H groups in total. The third kappa shape index (κ3) is 3.33. The standard InChI is InChI=1S/C14H21N3O4S/c1-11-4-5-12(21-2)13(10-11)22(19,20)17-7-3-6-16(8-9-17)14(15)18/h4-5,10H,3,6-9H2,1-2H3,(H2,15,18). The highest BCUT2D eigenvalue weighted by atomic mass is 32.2. The maximum Gasteiger partial charge on any atom is 0.314 e. The van der Waals surface area contributed by atoms with Crippen LogP contribution in [0.4, 0.5) is 4.79 Å². The van der Waals surface area contributed by atoms with Gasteiger partial charge in [0.1, 0.15) is 10.6 Å². The van der Waals surface area contributed by atoms with Gasteiger partial charge in [-0.2, -0.15) is 4.31 Å². The van der Waals surface area contributed by atoms with Gasteiger partial charge in [-0.3, -0.25) is 0 Å². The molecule has 0 saturated carbocycles. The lowest BCUT2D eigenvalue weighted by Gasteiger charge is -2.22. The largest absolute Gasteiger partial charge is 0.495 e. The van der Waals surface area contributed by atoms with Crippen molar-refractivity contribution in [3.8, 4) is 5.75 Å². The fourth-order valence-corrected chi connectivity index (χ4v) is 4.19. The molecule has 0 aromatic heterocycles. The van der Waals surface area contributed by atoms with Crippen molar-refractivity contribution in [1.82, 2.24) is 9.21 Å². The van der Waals surface area contributed by atoms with Crippen molar-refractivity contribution in [2.45, 2.75) is 18.2 Å². The molecule has 2 rings (SSSR count). The SMILES string of the molecule is COc1ccc(C)cc1S(=O)(=O)N1CCCN(C(N)=O)CC1. The Morgan fingerprint density at radius 2 is 1.95 bits per heavy atom. The van der Waals surface area contributed by atoms with Crippen LogP contribution in [-0.2, 0) is 10.0 Å². The van der Waals surface area contributed by atoms with Crippen molar-refractivity contribution in [3.05, 3.63) is 23.8 Å². The summed E-state index contributed by atoms with van der Waals surface area (Å²) in [6.07, 6.45) is 0.552. The van der Waals surface area contributed by atoms with Gasteiger partial charge in [0.2, 0.25) is 10.0 Å². The number of rotatable bonds is 3. The number of carbonyl (C=O) groups is 1. The number of hydrogen-bond donors (Lipinski definition) is 1. The number of hydrogen-bond acceptors (Lipinski definition) is 4. The maximum absolute atomic E-state index is 12.9. The van der Waals surface area contributed by atoms with E-state index in [0.717, 1.165) is 5.56 Å². The van der Waals surface area contributed by atoms with Gasteiger partial charge in [-0.05, 0) is 31.0 Å². The van der Waals surface area contributed by atoms with Gasteiger partial charge in [-0.25, -0.2) is 13.2 Å². The number of benzene rings is 1. The minimum atomic E-state index is -3.67. The molecule has 122 valence electrons. The summed E-state index contributed by atoms with van der Waals surface area (Å²) in [5.41, 5.74) is 6.11. The average Bonchev–Trinajstić information content (AvgIpc) is 2.73. The molecule has 8 heteroatoms. The predicted molar refractivity (Wildman–Crippen MR) is 82.3 cm³/mol. The molecule has 1 aliphatic rings. The number of carbonyl (C=O) groups excluding carboxylic acids is 1. The molecule has 7 nitrogen and oxygen atoms in total.